The molecule has 2 saturated carbocycles. The zero-order valence-corrected chi connectivity index (χ0v) is 14.7. The summed E-state index contributed by atoms with van der Waals surface area (Å²) in [6.45, 7) is 2.02. The molecule has 2 aliphatic rings. The van der Waals surface area contributed by atoms with E-state index in [1.54, 1.807) is 13.2 Å². The summed E-state index contributed by atoms with van der Waals surface area (Å²) in [5, 5.41) is 20.5. The zero-order chi connectivity index (χ0) is 18.0. The van der Waals surface area contributed by atoms with Crippen LogP contribution in [0.2, 0.25) is 0 Å². The lowest BCUT2D eigenvalue weighted by Crippen LogP contribution is -2.69. The summed E-state index contributed by atoms with van der Waals surface area (Å²) in [6.07, 6.45) is 3.25. The van der Waals surface area contributed by atoms with Gasteiger partial charge in [0.15, 0.2) is 5.78 Å². The van der Waals surface area contributed by atoms with Crippen molar-refractivity contribution in [3.8, 4) is 5.75 Å². The smallest absolute Gasteiger partial charge is 0.168 e. The summed E-state index contributed by atoms with van der Waals surface area (Å²) in [5.41, 5.74) is -0.765. The summed E-state index contributed by atoms with van der Waals surface area (Å²) in [4.78, 5) is 12.3. The minimum atomic E-state index is -0.780. The molecule has 2 N–H and O–H groups in total. The van der Waals surface area contributed by atoms with Gasteiger partial charge < -0.3 is 19.7 Å². The number of hydrogen-bond acceptors (Lipinski definition) is 5. The van der Waals surface area contributed by atoms with Crippen molar-refractivity contribution in [2.45, 2.75) is 37.6 Å². The Morgan fingerprint density at radius 1 is 1.36 bits per heavy atom. The Balaban J connectivity index is 1.64. The highest BCUT2D eigenvalue weighted by Gasteiger charge is 2.65. The number of methoxy groups -OCH3 is 1. The summed E-state index contributed by atoms with van der Waals surface area (Å²) in [6, 6.07) is 9.30. The molecule has 0 heterocycles. The fraction of sp³-hybridized carbons (Fsp3) is 0.550. The zero-order valence-electron chi connectivity index (χ0n) is 14.7. The highest BCUT2D eigenvalue weighted by atomic mass is 16.5. The van der Waals surface area contributed by atoms with Crippen LogP contribution >= 0.6 is 0 Å². The van der Waals surface area contributed by atoms with Gasteiger partial charge in [0.1, 0.15) is 24.1 Å². The van der Waals surface area contributed by atoms with Crippen molar-refractivity contribution in [3.05, 3.63) is 42.5 Å². The molecular weight excluding hydrogens is 320 g/mol. The van der Waals surface area contributed by atoms with Crippen molar-refractivity contribution in [2.75, 3.05) is 13.7 Å². The Morgan fingerprint density at radius 2 is 2.08 bits per heavy atom. The number of Topliss-reactive ketones (excluding diaryl/α,β-unsaturated/α-hetero) is 1. The van der Waals surface area contributed by atoms with Crippen LogP contribution in [-0.4, -0.2) is 47.5 Å². The molecule has 0 radical (unpaired) electrons. The molecule has 5 nitrogen and oxygen atoms in total. The Hall–Kier alpha value is -1.69. The minimum Gasteiger partial charge on any atom is -0.491 e. The fourth-order valence-electron chi connectivity index (χ4n) is 4.35. The Bertz CT molecular complexity index is 628. The van der Waals surface area contributed by atoms with Crippen LogP contribution in [0.4, 0.5) is 0 Å². The van der Waals surface area contributed by atoms with Crippen LogP contribution in [0.25, 0.3) is 0 Å². The maximum atomic E-state index is 12.3. The van der Waals surface area contributed by atoms with Gasteiger partial charge in [-0.2, -0.15) is 0 Å². The predicted molar refractivity (Wildman–Crippen MR) is 93.2 cm³/mol. The van der Waals surface area contributed by atoms with Gasteiger partial charge in [-0.05, 0) is 25.0 Å². The predicted octanol–water partition coefficient (Wildman–Crippen LogP) is 1.97. The number of benzene rings is 1. The molecule has 0 bridgehead atoms. The van der Waals surface area contributed by atoms with Gasteiger partial charge in [0.2, 0.25) is 0 Å². The van der Waals surface area contributed by atoms with E-state index in [0.29, 0.717) is 18.6 Å². The standard InChI is InChI=1S/C20H26O5/c1-13-18-16(17(22)10-11-20(18,24-2)19(13)23)9-8-14(21)12-25-15-6-4-3-5-7-15/h3-9,13-14,16-18,21-22H,10-12H2,1-2H3. The van der Waals surface area contributed by atoms with Crippen LogP contribution in [0.1, 0.15) is 19.8 Å². The second-order valence-electron chi connectivity index (χ2n) is 7.03. The molecule has 136 valence electrons. The monoisotopic (exact) mass is 346 g/mol. The van der Waals surface area contributed by atoms with E-state index in [2.05, 4.69) is 0 Å². The van der Waals surface area contributed by atoms with Crippen LogP contribution in [-0.2, 0) is 9.53 Å². The normalized spacial score (nSPS) is 35.9. The van der Waals surface area contributed by atoms with Gasteiger partial charge in [-0.25, -0.2) is 0 Å². The maximum Gasteiger partial charge on any atom is 0.168 e. The van der Waals surface area contributed by atoms with Gasteiger partial charge >= 0.3 is 0 Å². The van der Waals surface area contributed by atoms with Gasteiger partial charge in [0.25, 0.3) is 0 Å². The second-order valence-corrected chi connectivity index (χ2v) is 7.03. The molecule has 0 spiro atoms. The Labute approximate surface area is 148 Å². The molecule has 0 saturated heterocycles. The molecule has 2 aliphatic carbocycles. The van der Waals surface area contributed by atoms with Crippen molar-refractivity contribution in [1.82, 2.24) is 0 Å². The summed E-state index contributed by atoms with van der Waals surface area (Å²) in [7, 11) is 1.57. The topological polar surface area (TPSA) is 76.0 Å². The van der Waals surface area contributed by atoms with Crippen LogP contribution in [0.3, 0.4) is 0 Å². The Kier molecular flexibility index (Phi) is 5.27. The Morgan fingerprint density at radius 3 is 2.76 bits per heavy atom. The number of hydrogen-bond donors (Lipinski definition) is 2. The molecule has 25 heavy (non-hydrogen) atoms. The van der Waals surface area contributed by atoms with Crippen molar-refractivity contribution in [3.63, 3.8) is 0 Å². The molecule has 1 aromatic carbocycles. The second kappa shape index (κ2) is 7.28. The number of rotatable bonds is 6. The van der Waals surface area contributed by atoms with E-state index in [-0.39, 0.29) is 30.1 Å². The average Bonchev–Trinajstić information content (AvgIpc) is 2.65. The third kappa shape index (κ3) is 3.24. The van der Waals surface area contributed by atoms with Crippen molar-refractivity contribution >= 4 is 5.78 Å². The first-order valence-corrected chi connectivity index (χ1v) is 8.81. The molecule has 2 fully saturated rings. The number of para-hydroxylation sites is 1. The molecule has 0 amide bonds. The molecule has 0 aliphatic heterocycles. The quantitative estimate of drug-likeness (QED) is 0.770. The lowest BCUT2D eigenvalue weighted by molar-refractivity contribution is -0.206. The highest BCUT2D eigenvalue weighted by molar-refractivity contribution is 5.96. The number of fused-ring (bicyclic) bond motifs is 1. The van der Waals surface area contributed by atoms with E-state index in [1.807, 2.05) is 43.3 Å². The molecule has 1 aromatic rings. The lowest BCUT2D eigenvalue weighted by Gasteiger charge is -2.57. The molecule has 0 aromatic heterocycles. The van der Waals surface area contributed by atoms with Gasteiger partial charge in [-0.1, -0.05) is 37.3 Å². The summed E-state index contributed by atoms with van der Waals surface area (Å²) < 4.78 is 11.1. The third-order valence-corrected chi connectivity index (χ3v) is 5.66. The first-order chi connectivity index (χ1) is 12.0. The maximum absolute atomic E-state index is 12.3. The summed E-state index contributed by atoms with van der Waals surface area (Å²) in [5.74, 6) is 0.435. The first-order valence-electron chi connectivity index (χ1n) is 8.81. The SMILES string of the molecule is COC12CCC(O)C(C=CC(O)COc3ccccc3)C1C(C)C2=O. The largest absolute Gasteiger partial charge is 0.491 e. The van der Waals surface area contributed by atoms with E-state index in [0.717, 1.165) is 0 Å². The van der Waals surface area contributed by atoms with Gasteiger partial charge in [0, 0.05) is 24.9 Å². The number of carbonyl (C=O) groups is 1. The van der Waals surface area contributed by atoms with E-state index < -0.39 is 17.8 Å². The molecule has 6 unspecified atom stereocenters. The van der Waals surface area contributed by atoms with Gasteiger partial charge in [-0.15, -0.1) is 0 Å². The number of carbonyl (C=O) groups excluding carboxylic acids is 1. The number of ketones is 1. The molecule has 5 heteroatoms. The van der Waals surface area contributed by atoms with Crippen molar-refractivity contribution in [2.24, 2.45) is 17.8 Å². The number of ether oxygens (including phenoxy) is 2. The average molecular weight is 346 g/mol. The first kappa shape index (κ1) is 18.1. The van der Waals surface area contributed by atoms with Gasteiger partial charge in [-0.3, -0.25) is 4.79 Å². The number of aliphatic hydroxyl groups excluding tert-OH is 2. The van der Waals surface area contributed by atoms with Crippen molar-refractivity contribution < 1.29 is 24.5 Å². The molecular formula is C20H26O5. The van der Waals surface area contributed by atoms with E-state index in [1.165, 1.54) is 0 Å². The van der Waals surface area contributed by atoms with Crippen LogP contribution in [0.15, 0.2) is 42.5 Å². The third-order valence-electron chi connectivity index (χ3n) is 5.66. The fourth-order valence-corrected chi connectivity index (χ4v) is 4.35. The molecule has 6 atom stereocenters. The minimum absolute atomic E-state index is 0.0489. The molecule has 3 rings (SSSR count). The van der Waals surface area contributed by atoms with Crippen molar-refractivity contribution in [1.29, 1.82) is 0 Å². The van der Waals surface area contributed by atoms with Crippen LogP contribution < -0.4 is 4.74 Å². The lowest BCUT2D eigenvalue weighted by atomic mass is 9.50. The summed E-state index contributed by atoms with van der Waals surface area (Å²) >= 11 is 0. The highest BCUT2D eigenvalue weighted by Crippen LogP contribution is 2.54. The van der Waals surface area contributed by atoms with Crippen LogP contribution in [0.5, 0.6) is 5.75 Å². The van der Waals surface area contributed by atoms with Crippen LogP contribution in [0, 0.1) is 17.8 Å². The number of aliphatic hydroxyl groups is 2. The van der Waals surface area contributed by atoms with E-state index in [4.69, 9.17) is 9.47 Å². The van der Waals surface area contributed by atoms with E-state index >= 15 is 0 Å². The van der Waals surface area contributed by atoms with E-state index in [9.17, 15) is 15.0 Å². The van der Waals surface area contributed by atoms with Gasteiger partial charge in [0.05, 0.1) is 6.10 Å².